The van der Waals surface area contributed by atoms with Crippen LogP contribution >= 0.6 is 0 Å². The van der Waals surface area contributed by atoms with Crippen molar-refractivity contribution in [3.63, 3.8) is 0 Å². The SMILES string of the molecule is O=C(CN1CC2(CCNCC2)CC1=O)NCC(F)(F)F. The smallest absolute Gasteiger partial charge is 0.345 e. The molecule has 2 aliphatic heterocycles. The topological polar surface area (TPSA) is 61.4 Å². The Hall–Kier alpha value is -1.31. The maximum Gasteiger partial charge on any atom is 0.405 e. The van der Waals surface area contributed by atoms with Crippen LogP contribution in [0.2, 0.25) is 0 Å². The van der Waals surface area contributed by atoms with Crippen molar-refractivity contribution in [2.75, 3.05) is 32.7 Å². The molecule has 0 aromatic heterocycles. The molecule has 2 saturated heterocycles. The van der Waals surface area contributed by atoms with Crippen molar-refractivity contribution in [1.82, 2.24) is 15.5 Å². The van der Waals surface area contributed by atoms with Gasteiger partial charge in [0, 0.05) is 13.0 Å². The number of hydrogen-bond acceptors (Lipinski definition) is 3. The second-order valence-electron chi connectivity index (χ2n) is 5.57. The zero-order chi connectivity index (χ0) is 14.8. The third kappa shape index (κ3) is 3.84. The van der Waals surface area contributed by atoms with Gasteiger partial charge in [-0.1, -0.05) is 0 Å². The Kier molecular flexibility index (Phi) is 4.22. The summed E-state index contributed by atoms with van der Waals surface area (Å²) < 4.78 is 36.0. The van der Waals surface area contributed by atoms with Crippen LogP contribution in [0.25, 0.3) is 0 Å². The molecule has 0 aliphatic carbocycles. The molecule has 2 aliphatic rings. The van der Waals surface area contributed by atoms with Gasteiger partial charge in [0.25, 0.3) is 0 Å². The highest BCUT2D eigenvalue weighted by Crippen LogP contribution is 2.39. The van der Waals surface area contributed by atoms with E-state index in [1.165, 1.54) is 4.90 Å². The Morgan fingerprint density at radius 1 is 1.35 bits per heavy atom. The lowest BCUT2D eigenvalue weighted by Gasteiger charge is -2.32. The summed E-state index contributed by atoms with van der Waals surface area (Å²) in [6, 6.07) is 0. The lowest BCUT2D eigenvalue weighted by Crippen LogP contribution is -2.43. The number of rotatable bonds is 3. The van der Waals surface area contributed by atoms with Crippen molar-refractivity contribution in [1.29, 1.82) is 0 Å². The van der Waals surface area contributed by atoms with Crippen LogP contribution in [-0.2, 0) is 9.59 Å². The van der Waals surface area contributed by atoms with Crippen LogP contribution in [0.5, 0.6) is 0 Å². The number of halogens is 3. The third-order valence-electron chi connectivity index (χ3n) is 3.89. The lowest BCUT2D eigenvalue weighted by molar-refractivity contribution is -0.141. The molecule has 0 saturated carbocycles. The number of carbonyl (C=O) groups is 2. The summed E-state index contributed by atoms with van der Waals surface area (Å²) in [5.74, 6) is -0.907. The van der Waals surface area contributed by atoms with Crippen molar-refractivity contribution in [3.05, 3.63) is 0 Å². The van der Waals surface area contributed by atoms with Crippen molar-refractivity contribution >= 4 is 11.8 Å². The maximum atomic E-state index is 12.0. The molecular weight excluding hydrogens is 275 g/mol. The van der Waals surface area contributed by atoms with E-state index in [4.69, 9.17) is 0 Å². The van der Waals surface area contributed by atoms with Crippen LogP contribution in [0.1, 0.15) is 19.3 Å². The Balaban J connectivity index is 1.84. The molecule has 5 nitrogen and oxygen atoms in total. The summed E-state index contributed by atoms with van der Waals surface area (Å²) in [4.78, 5) is 24.7. The number of hydrogen-bond donors (Lipinski definition) is 2. The molecule has 2 fully saturated rings. The summed E-state index contributed by atoms with van der Waals surface area (Å²) in [7, 11) is 0. The zero-order valence-corrected chi connectivity index (χ0v) is 11.1. The number of carbonyl (C=O) groups excluding carboxylic acids is 2. The van der Waals surface area contributed by atoms with Crippen LogP contribution in [0.15, 0.2) is 0 Å². The minimum absolute atomic E-state index is 0.105. The third-order valence-corrected chi connectivity index (χ3v) is 3.89. The predicted molar refractivity (Wildman–Crippen MR) is 64.8 cm³/mol. The molecule has 2 rings (SSSR count). The normalized spacial score (nSPS) is 22.4. The summed E-state index contributed by atoms with van der Waals surface area (Å²) in [5.41, 5.74) is -0.105. The quantitative estimate of drug-likeness (QED) is 0.785. The molecule has 8 heteroatoms. The Morgan fingerprint density at radius 2 is 2.00 bits per heavy atom. The number of likely N-dealkylation sites (tertiary alicyclic amines) is 1. The Bertz CT molecular complexity index is 392. The van der Waals surface area contributed by atoms with E-state index in [1.807, 2.05) is 0 Å². The molecule has 2 amide bonds. The number of piperidine rings is 1. The summed E-state index contributed by atoms with van der Waals surface area (Å²) in [5, 5.41) is 5.00. The molecule has 0 atom stereocenters. The first-order valence-corrected chi connectivity index (χ1v) is 6.62. The van der Waals surface area contributed by atoms with E-state index in [-0.39, 0.29) is 17.9 Å². The molecular formula is C12H18F3N3O2. The molecule has 0 aromatic rings. The van der Waals surface area contributed by atoms with Crippen molar-refractivity contribution < 1.29 is 22.8 Å². The first kappa shape index (κ1) is 15.1. The van der Waals surface area contributed by atoms with E-state index in [1.54, 1.807) is 5.32 Å². The summed E-state index contributed by atoms with van der Waals surface area (Å²) >= 11 is 0. The highest BCUT2D eigenvalue weighted by Gasteiger charge is 2.44. The average molecular weight is 293 g/mol. The van der Waals surface area contributed by atoms with Crippen LogP contribution in [0, 0.1) is 5.41 Å². The van der Waals surface area contributed by atoms with Gasteiger partial charge in [-0.05, 0) is 31.3 Å². The number of alkyl halides is 3. The van der Waals surface area contributed by atoms with Gasteiger partial charge in [0.1, 0.15) is 6.54 Å². The fourth-order valence-electron chi connectivity index (χ4n) is 2.85. The molecule has 0 bridgehead atoms. The molecule has 0 unspecified atom stereocenters. The molecule has 114 valence electrons. The lowest BCUT2D eigenvalue weighted by atomic mass is 9.78. The highest BCUT2D eigenvalue weighted by molar-refractivity contribution is 5.86. The van der Waals surface area contributed by atoms with Gasteiger partial charge in [0.15, 0.2) is 0 Å². The zero-order valence-electron chi connectivity index (χ0n) is 11.1. The monoisotopic (exact) mass is 293 g/mol. The Morgan fingerprint density at radius 3 is 2.60 bits per heavy atom. The van der Waals surface area contributed by atoms with Crippen LogP contribution < -0.4 is 10.6 Å². The first-order valence-electron chi connectivity index (χ1n) is 6.62. The highest BCUT2D eigenvalue weighted by atomic mass is 19.4. The molecule has 20 heavy (non-hydrogen) atoms. The number of amides is 2. The predicted octanol–water partition coefficient (Wildman–Crippen LogP) is 0.267. The molecule has 2 heterocycles. The standard InChI is InChI=1S/C12H18F3N3O2/c13-12(14,15)7-17-9(19)6-18-8-11(5-10(18)20)1-3-16-4-2-11/h16H,1-8H2,(H,17,19). The fraction of sp³-hybridized carbons (Fsp3) is 0.833. The van der Waals surface area contributed by atoms with E-state index in [0.29, 0.717) is 13.0 Å². The van der Waals surface area contributed by atoms with Gasteiger partial charge >= 0.3 is 6.18 Å². The second-order valence-corrected chi connectivity index (χ2v) is 5.57. The molecule has 0 radical (unpaired) electrons. The van der Waals surface area contributed by atoms with Crippen LogP contribution in [0.3, 0.4) is 0 Å². The minimum Gasteiger partial charge on any atom is -0.345 e. The molecule has 1 spiro atoms. The molecule has 2 N–H and O–H groups in total. The van der Waals surface area contributed by atoms with Crippen molar-refractivity contribution in [2.24, 2.45) is 5.41 Å². The van der Waals surface area contributed by atoms with E-state index in [9.17, 15) is 22.8 Å². The van der Waals surface area contributed by atoms with Gasteiger partial charge in [-0.2, -0.15) is 13.2 Å². The maximum absolute atomic E-state index is 12.0. The first-order chi connectivity index (χ1) is 9.30. The average Bonchev–Trinajstić information content (AvgIpc) is 2.63. The van der Waals surface area contributed by atoms with Gasteiger partial charge in [0.05, 0.1) is 6.54 Å². The number of nitrogens with one attached hydrogen (secondary N) is 2. The van der Waals surface area contributed by atoms with Gasteiger partial charge in [-0.3, -0.25) is 9.59 Å². The Labute approximate surface area is 114 Å². The van der Waals surface area contributed by atoms with Gasteiger partial charge in [-0.25, -0.2) is 0 Å². The largest absolute Gasteiger partial charge is 0.405 e. The van der Waals surface area contributed by atoms with Crippen molar-refractivity contribution in [3.8, 4) is 0 Å². The summed E-state index contributed by atoms with van der Waals surface area (Å²) in [6.07, 6.45) is -2.32. The van der Waals surface area contributed by atoms with E-state index in [2.05, 4.69) is 5.32 Å². The van der Waals surface area contributed by atoms with E-state index < -0.39 is 18.6 Å². The summed E-state index contributed by atoms with van der Waals surface area (Å²) in [6.45, 7) is 0.489. The van der Waals surface area contributed by atoms with Crippen LogP contribution in [-0.4, -0.2) is 55.6 Å². The minimum atomic E-state index is -4.43. The molecule has 0 aromatic carbocycles. The van der Waals surface area contributed by atoms with Crippen LogP contribution in [0.4, 0.5) is 13.2 Å². The second kappa shape index (κ2) is 5.59. The van der Waals surface area contributed by atoms with E-state index >= 15 is 0 Å². The van der Waals surface area contributed by atoms with Gasteiger partial charge < -0.3 is 15.5 Å². The van der Waals surface area contributed by atoms with Gasteiger partial charge in [0.2, 0.25) is 11.8 Å². The van der Waals surface area contributed by atoms with Crippen molar-refractivity contribution in [2.45, 2.75) is 25.4 Å². The fourth-order valence-corrected chi connectivity index (χ4v) is 2.85. The number of nitrogens with zero attached hydrogens (tertiary/aromatic N) is 1. The van der Waals surface area contributed by atoms with E-state index in [0.717, 1.165) is 25.9 Å². The van der Waals surface area contributed by atoms with Gasteiger partial charge in [-0.15, -0.1) is 0 Å².